The van der Waals surface area contributed by atoms with Gasteiger partial charge < -0.3 is 27.9 Å². The smallest absolute Gasteiger partial charge is 0.119 e. The van der Waals surface area contributed by atoms with Crippen LogP contribution in [0.5, 0.6) is 17.2 Å². The van der Waals surface area contributed by atoms with Gasteiger partial charge in [0.05, 0.1) is 54.4 Å². The maximum Gasteiger partial charge on any atom is 0.119 e. The minimum atomic E-state index is 0.822. The molecule has 51 heavy (non-hydrogen) atoms. The van der Waals surface area contributed by atoms with Crippen LogP contribution in [-0.4, -0.2) is 35.0 Å². The monoisotopic (exact) mass is 663 g/mol. The quantitative estimate of drug-likeness (QED) is 0.178. The van der Waals surface area contributed by atoms with Crippen molar-refractivity contribution in [2.45, 2.75) is 0 Å². The van der Waals surface area contributed by atoms with E-state index < -0.39 is 0 Å². The molecule has 10 aromatic rings. The van der Waals surface area contributed by atoms with Crippen LogP contribution in [0.15, 0.2) is 146 Å². The number of aromatic nitrogens is 3. The van der Waals surface area contributed by atoms with E-state index in [1.807, 2.05) is 36.4 Å². The lowest BCUT2D eigenvalue weighted by atomic mass is 10.0. The van der Waals surface area contributed by atoms with E-state index in [2.05, 4.69) is 123 Å². The van der Waals surface area contributed by atoms with E-state index in [4.69, 9.17) is 14.2 Å². The Kier molecular flexibility index (Phi) is 6.42. The summed E-state index contributed by atoms with van der Waals surface area (Å²) in [7, 11) is 5.13. The van der Waals surface area contributed by atoms with Crippen molar-refractivity contribution in [2.24, 2.45) is 0 Å². The summed E-state index contributed by atoms with van der Waals surface area (Å²) in [6, 6.07) is 51.5. The van der Waals surface area contributed by atoms with Crippen LogP contribution in [0.1, 0.15) is 0 Å². The minimum absolute atomic E-state index is 0.822. The molecule has 3 heterocycles. The van der Waals surface area contributed by atoms with Crippen LogP contribution in [0.25, 0.3) is 82.5 Å². The minimum Gasteiger partial charge on any atom is -0.497 e. The summed E-state index contributed by atoms with van der Waals surface area (Å²) in [4.78, 5) is 0. The van der Waals surface area contributed by atoms with Crippen molar-refractivity contribution in [1.29, 1.82) is 0 Å². The molecule has 10 rings (SSSR count). The van der Waals surface area contributed by atoms with E-state index in [1.165, 1.54) is 32.3 Å². The lowest BCUT2D eigenvalue weighted by molar-refractivity contribution is 0.414. The molecule has 7 aromatic carbocycles. The van der Waals surface area contributed by atoms with Crippen molar-refractivity contribution in [3.63, 3.8) is 0 Å². The van der Waals surface area contributed by atoms with Gasteiger partial charge in [0, 0.05) is 49.4 Å². The van der Waals surface area contributed by atoms with Crippen LogP contribution < -0.4 is 14.2 Å². The Morgan fingerprint density at radius 2 is 0.569 bits per heavy atom. The third-order valence-corrected chi connectivity index (χ3v) is 10.3. The summed E-state index contributed by atoms with van der Waals surface area (Å²) in [5.74, 6) is 2.47. The van der Waals surface area contributed by atoms with Gasteiger partial charge in [-0.15, -0.1) is 0 Å². The molecule has 0 N–H and O–H groups in total. The van der Waals surface area contributed by atoms with E-state index in [-0.39, 0.29) is 0 Å². The first-order chi connectivity index (χ1) is 25.2. The molecule has 0 aliphatic rings. The zero-order valence-electron chi connectivity index (χ0n) is 28.4. The predicted octanol–water partition coefficient (Wildman–Crippen LogP) is 11.0. The molecule has 0 bridgehead atoms. The van der Waals surface area contributed by atoms with Gasteiger partial charge >= 0.3 is 0 Å². The van der Waals surface area contributed by atoms with Crippen LogP contribution in [0.4, 0.5) is 0 Å². The molecule has 0 saturated carbocycles. The Hall–Kier alpha value is -6.66. The molecule has 0 saturated heterocycles. The largest absolute Gasteiger partial charge is 0.497 e. The Bertz CT molecular complexity index is 2590. The van der Waals surface area contributed by atoms with Gasteiger partial charge in [-0.1, -0.05) is 54.6 Å². The molecule has 0 radical (unpaired) electrons. The average molecular weight is 664 g/mol. The van der Waals surface area contributed by atoms with Gasteiger partial charge in [-0.05, 0) is 91.0 Å². The van der Waals surface area contributed by atoms with Gasteiger partial charge in [0.25, 0.3) is 0 Å². The van der Waals surface area contributed by atoms with Crippen LogP contribution in [-0.2, 0) is 0 Å². The van der Waals surface area contributed by atoms with E-state index in [0.717, 1.165) is 67.4 Å². The molecule has 6 nitrogen and oxygen atoms in total. The molecule has 0 unspecified atom stereocenters. The molecule has 0 aliphatic heterocycles. The molecular weight excluding hydrogens is 631 g/mol. The zero-order chi connectivity index (χ0) is 34.2. The third kappa shape index (κ3) is 4.10. The second kappa shape index (κ2) is 11.2. The SMILES string of the molecule is COc1ccc(-n2c3ccccc3c3c2c2c4ccccc4n(-c4ccc(OC)cc4)c2c2c4ccccc4n(-c4ccc(OC)cc4)c32)cc1. The first kappa shape index (κ1) is 29.3. The standard InChI is InChI=1S/C45H33N3O3/c1-49-31-22-16-28(17-23-31)46-37-13-7-4-10-34(37)40-43(46)41-35-11-5-8-14-38(35)47(29-18-24-32(50-2)25-19-29)45(41)42-36-12-6-9-15-39(36)48(44(40)42)30-20-26-33(51-3)27-21-30/h4-27H,1-3H3. The fraction of sp³-hybridized carbons (Fsp3) is 0.0667. The molecule has 0 fully saturated rings. The Labute approximate surface area is 293 Å². The van der Waals surface area contributed by atoms with Gasteiger partial charge in [-0.3, -0.25) is 0 Å². The van der Waals surface area contributed by atoms with Crippen LogP contribution >= 0.6 is 0 Å². The number of fused-ring (bicyclic) bond motifs is 12. The highest BCUT2D eigenvalue weighted by atomic mass is 16.5. The molecular formula is C45H33N3O3. The highest BCUT2D eigenvalue weighted by Crippen LogP contribution is 2.50. The number of hydrogen-bond donors (Lipinski definition) is 0. The van der Waals surface area contributed by atoms with Gasteiger partial charge in [-0.25, -0.2) is 0 Å². The predicted molar refractivity (Wildman–Crippen MR) is 209 cm³/mol. The van der Waals surface area contributed by atoms with Gasteiger partial charge in [0.15, 0.2) is 0 Å². The van der Waals surface area contributed by atoms with Crippen LogP contribution in [0.2, 0.25) is 0 Å². The summed E-state index contributed by atoms with van der Waals surface area (Å²) in [6.07, 6.45) is 0. The summed E-state index contributed by atoms with van der Waals surface area (Å²) in [5.41, 5.74) is 10.1. The number of benzene rings is 7. The van der Waals surface area contributed by atoms with Gasteiger partial charge in [0.2, 0.25) is 0 Å². The molecule has 0 aliphatic carbocycles. The van der Waals surface area contributed by atoms with Crippen molar-refractivity contribution in [3.8, 4) is 34.3 Å². The fourth-order valence-corrected chi connectivity index (χ4v) is 8.15. The first-order valence-corrected chi connectivity index (χ1v) is 17.0. The summed E-state index contributed by atoms with van der Waals surface area (Å²) >= 11 is 0. The molecule has 0 amide bonds. The van der Waals surface area contributed by atoms with Crippen LogP contribution in [0.3, 0.4) is 0 Å². The number of methoxy groups -OCH3 is 3. The third-order valence-electron chi connectivity index (χ3n) is 10.3. The van der Waals surface area contributed by atoms with Crippen molar-refractivity contribution in [1.82, 2.24) is 13.7 Å². The second-order valence-corrected chi connectivity index (χ2v) is 12.8. The highest BCUT2D eigenvalue weighted by Gasteiger charge is 2.28. The zero-order valence-corrected chi connectivity index (χ0v) is 28.4. The molecule has 0 spiro atoms. The van der Waals surface area contributed by atoms with E-state index in [0.29, 0.717) is 0 Å². The lowest BCUT2D eigenvalue weighted by Gasteiger charge is -2.14. The summed E-state index contributed by atoms with van der Waals surface area (Å²) < 4.78 is 24.1. The van der Waals surface area contributed by atoms with E-state index in [9.17, 15) is 0 Å². The number of ether oxygens (including phenoxy) is 3. The number of rotatable bonds is 6. The van der Waals surface area contributed by atoms with Gasteiger partial charge in [-0.2, -0.15) is 0 Å². The fourth-order valence-electron chi connectivity index (χ4n) is 8.15. The second-order valence-electron chi connectivity index (χ2n) is 12.8. The van der Waals surface area contributed by atoms with Crippen LogP contribution in [0, 0.1) is 0 Å². The summed E-state index contributed by atoms with van der Waals surface area (Å²) in [6.45, 7) is 0. The average Bonchev–Trinajstić information content (AvgIpc) is 3.84. The lowest BCUT2D eigenvalue weighted by Crippen LogP contribution is -1.98. The topological polar surface area (TPSA) is 42.5 Å². The van der Waals surface area contributed by atoms with E-state index >= 15 is 0 Å². The highest BCUT2D eigenvalue weighted by molar-refractivity contribution is 6.40. The first-order valence-electron chi connectivity index (χ1n) is 17.0. The molecule has 3 aromatic heterocycles. The van der Waals surface area contributed by atoms with Crippen molar-refractivity contribution in [3.05, 3.63) is 146 Å². The number of hydrogen-bond acceptors (Lipinski definition) is 3. The Morgan fingerprint density at radius 1 is 0.314 bits per heavy atom. The maximum absolute atomic E-state index is 5.60. The maximum atomic E-state index is 5.60. The van der Waals surface area contributed by atoms with Gasteiger partial charge in [0.1, 0.15) is 17.2 Å². The number of nitrogens with zero attached hydrogens (tertiary/aromatic N) is 3. The van der Waals surface area contributed by atoms with E-state index in [1.54, 1.807) is 21.3 Å². The molecule has 6 heteroatoms. The van der Waals surface area contributed by atoms with Crippen molar-refractivity contribution in [2.75, 3.05) is 21.3 Å². The number of para-hydroxylation sites is 3. The Balaban J connectivity index is 1.54. The van der Waals surface area contributed by atoms with Crippen molar-refractivity contribution < 1.29 is 14.2 Å². The van der Waals surface area contributed by atoms with Crippen molar-refractivity contribution >= 4 is 65.4 Å². The normalized spacial score (nSPS) is 11.8. The molecule has 246 valence electrons. The summed E-state index contributed by atoms with van der Waals surface area (Å²) in [5, 5.41) is 7.17. The Morgan fingerprint density at radius 3 is 0.824 bits per heavy atom. The molecule has 0 atom stereocenters.